The Morgan fingerprint density at radius 2 is 1.97 bits per heavy atom. The van der Waals surface area contributed by atoms with E-state index in [-0.39, 0.29) is 35.8 Å². The lowest BCUT2D eigenvalue weighted by Gasteiger charge is -2.32. The van der Waals surface area contributed by atoms with E-state index in [0.29, 0.717) is 25.0 Å². The van der Waals surface area contributed by atoms with Crippen LogP contribution in [0, 0.1) is 5.92 Å². The Bertz CT molecular complexity index is 906. The van der Waals surface area contributed by atoms with Crippen LogP contribution in [0.2, 0.25) is 0 Å². The van der Waals surface area contributed by atoms with Crippen LogP contribution in [-0.2, 0) is 17.9 Å². The van der Waals surface area contributed by atoms with Crippen molar-refractivity contribution in [3.63, 3.8) is 0 Å². The average molecular weight is 569 g/mol. The fourth-order valence-corrected chi connectivity index (χ4v) is 4.11. The number of primary amides is 1. The molecule has 182 valence electrons. The number of amides is 1. The van der Waals surface area contributed by atoms with Gasteiger partial charge in [0.15, 0.2) is 11.7 Å². The number of carbonyl (C=O) groups excluding carboxylic acids is 1. The molecule has 0 bridgehead atoms. The van der Waals surface area contributed by atoms with Crippen LogP contribution in [-0.4, -0.2) is 42.1 Å². The number of rotatable bonds is 9. The minimum absolute atomic E-state index is 0. The fraction of sp³-hybridized carbons (Fsp3) is 0.565. The summed E-state index contributed by atoms with van der Waals surface area (Å²) in [6.07, 6.45) is 5.42. The predicted octanol–water partition coefficient (Wildman–Crippen LogP) is 3.16. The monoisotopic (exact) mass is 569 g/mol. The van der Waals surface area contributed by atoms with Crippen molar-refractivity contribution in [2.45, 2.75) is 58.5 Å². The van der Waals surface area contributed by atoms with Crippen LogP contribution >= 0.6 is 24.0 Å². The zero-order chi connectivity index (χ0) is 22.9. The maximum atomic E-state index is 11.5. The van der Waals surface area contributed by atoms with Gasteiger partial charge < -0.3 is 25.8 Å². The summed E-state index contributed by atoms with van der Waals surface area (Å²) >= 11 is 0. The highest BCUT2D eigenvalue weighted by molar-refractivity contribution is 14.0. The Balaban J connectivity index is 0.00000385. The van der Waals surface area contributed by atoms with E-state index in [1.807, 2.05) is 12.1 Å². The van der Waals surface area contributed by atoms with Crippen molar-refractivity contribution < 1.29 is 9.32 Å². The molecular formula is C23H36IN7O2. The molecule has 0 unspecified atom stereocenters. The molecule has 1 aliphatic rings. The lowest BCUT2D eigenvalue weighted by atomic mass is 9.96. The zero-order valence-electron chi connectivity index (χ0n) is 19.7. The average Bonchev–Trinajstić information content (AvgIpc) is 3.29. The third kappa shape index (κ3) is 7.31. The van der Waals surface area contributed by atoms with E-state index in [4.69, 9.17) is 10.3 Å². The summed E-state index contributed by atoms with van der Waals surface area (Å²) in [5.41, 5.74) is 7.55. The van der Waals surface area contributed by atoms with Crippen molar-refractivity contribution in [3.8, 4) is 0 Å². The van der Waals surface area contributed by atoms with Crippen molar-refractivity contribution in [2.75, 3.05) is 25.0 Å². The summed E-state index contributed by atoms with van der Waals surface area (Å²) in [4.78, 5) is 22.6. The van der Waals surface area contributed by atoms with E-state index < -0.39 is 0 Å². The minimum Gasteiger partial charge on any atom is -0.369 e. The number of halogens is 1. The Kier molecular flexibility index (Phi) is 10.9. The summed E-state index contributed by atoms with van der Waals surface area (Å²) in [5, 5.41) is 10.8. The first kappa shape index (κ1) is 26.9. The Hall–Kier alpha value is -2.37. The first-order chi connectivity index (χ1) is 15.5. The minimum atomic E-state index is -0.207. The van der Waals surface area contributed by atoms with E-state index in [1.165, 1.54) is 0 Å². The smallest absolute Gasteiger partial charge is 0.220 e. The second-order valence-electron chi connectivity index (χ2n) is 8.16. The molecule has 3 heterocycles. The molecule has 0 atom stereocenters. The van der Waals surface area contributed by atoms with E-state index in [0.717, 1.165) is 61.6 Å². The second kappa shape index (κ2) is 13.4. The van der Waals surface area contributed by atoms with Crippen molar-refractivity contribution in [1.29, 1.82) is 0 Å². The molecule has 0 aliphatic carbocycles. The molecule has 9 nitrogen and oxygen atoms in total. The SMILES string of the molecule is CCC(CC)c1cc(CNC(=NC)NCc2cccnc2N2CCC(C(N)=O)CC2)on1.I. The Morgan fingerprint density at radius 1 is 1.27 bits per heavy atom. The first-order valence-corrected chi connectivity index (χ1v) is 11.4. The van der Waals surface area contributed by atoms with Crippen LogP contribution in [0.5, 0.6) is 0 Å². The standard InChI is InChI=1S/C23H35N7O2.HI/c1-4-16(5-2)20-13-19(32-29-20)15-28-23(25-3)27-14-18-7-6-10-26-22(18)30-11-8-17(9-12-30)21(24)31;/h6-7,10,13,16-17H,4-5,8-9,11-12,14-15H2,1-3H3,(H2,24,31)(H2,25,27,28);1H. The molecule has 1 saturated heterocycles. The van der Waals surface area contributed by atoms with Gasteiger partial charge in [-0.3, -0.25) is 9.79 Å². The molecule has 1 amide bonds. The molecule has 33 heavy (non-hydrogen) atoms. The van der Waals surface area contributed by atoms with Crippen molar-refractivity contribution in [1.82, 2.24) is 20.8 Å². The van der Waals surface area contributed by atoms with Crippen LogP contribution in [0.4, 0.5) is 5.82 Å². The van der Waals surface area contributed by atoms with E-state index >= 15 is 0 Å². The van der Waals surface area contributed by atoms with Crippen LogP contribution in [0.3, 0.4) is 0 Å². The molecule has 0 spiro atoms. The summed E-state index contributed by atoms with van der Waals surface area (Å²) in [7, 11) is 1.74. The maximum absolute atomic E-state index is 11.5. The summed E-state index contributed by atoms with van der Waals surface area (Å²) < 4.78 is 5.49. The highest BCUT2D eigenvalue weighted by Crippen LogP contribution is 2.24. The van der Waals surface area contributed by atoms with Gasteiger partial charge in [0.25, 0.3) is 0 Å². The van der Waals surface area contributed by atoms with Crippen molar-refractivity contribution in [2.24, 2.45) is 16.6 Å². The molecule has 2 aromatic rings. The fourth-order valence-electron chi connectivity index (χ4n) is 4.11. The number of pyridine rings is 1. The number of hydrogen-bond donors (Lipinski definition) is 3. The third-order valence-electron chi connectivity index (χ3n) is 6.15. The molecule has 0 radical (unpaired) electrons. The third-order valence-corrected chi connectivity index (χ3v) is 6.15. The summed E-state index contributed by atoms with van der Waals surface area (Å²) in [6, 6.07) is 6.01. The Morgan fingerprint density at radius 3 is 2.61 bits per heavy atom. The number of nitrogens with zero attached hydrogens (tertiary/aromatic N) is 4. The van der Waals surface area contributed by atoms with E-state index in [2.05, 4.69) is 50.6 Å². The van der Waals surface area contributed by atoms with Gasteiger partial charge in [0.05, 0.1) is 12.2 Å². The largest absolute Gasteiger partial charge is 0.369 e. The van der Waals surface area contributed by atoms with Crippen LogP contribution in [0.15, 0.2) is 33.9 Å². The van der Waals surface area contributed by atoms with Crippen molar-refractivity contribution >= 4 is 41.7 Å². The molecular weight excluding hydrogens is 533 g/mol. The number of carbonyl (C=O) groups is 1. The lowest BCUT2D eigenvalue weighted by Crippen LogP contribution is -2.40. The highest BCUT2D eigenvalue weighted by Gasteiger charge is 2.25. The lowest BCUT2D eigenvalue weighted by molar-refractivity contribution is -0.122. The number of hydrogen-bond acceptors (Lipinski definition) is 6. The quantitative estimate of drug-likeness (QED) is 0.241. The van der Waals surface area contributed by atoms with Gasteiger partial charge in [-0.05, 0) is 31.7 Å². The van der Waals surface area contributed by atoms with Gasteiger partial charge in [-0.15, -0.1) is 24.0 Å². The number of anilines is 1. The summed E-state index contributed by atoms with van der Waals surface area (Å²) in [5.74, 6) is 2.58. The zero-order valence-corrected chi connectivity index (χ0v) is 22.0. The molecule has 1 fully saturated rings. The van der Waals surface area contributed by atoms with Gasteiger partial charge in [0.2, 0.25) is 5.91 Å². The number of nitrogens with one attached hydrogen (secondary N) is 2. The molecule has 10 heteroatoms. The molecule has 2 aromatic heterocycles. The maximum Gasteiger partial charge on any atom is 0.220 e. The van der Waals surface area contributed by atoms with Gasteiger partial charge in [0.1, 0.15) is 5.82 Å². The number of aromatic nitrogens is 2. The van der Waals surface area contributed by atoms with Gasteiger partial charge >= 0.3 is 0 Å². The molecule has 3 rings (SSSR count). The van der Waals surface area contributed by atoms with Crippen LogP contribution < -0.4 is 21.3 Å². The predicted molar refractivity (Wildman–Crippen MR) is 141 cm³/mol. The number of piperidine rings is 1. The van der Waals surface area contributed by atoms with Gasteiger partial charge in [-0.25, -0.2) is 4.98 Å². The van der Waals surface area contributed by atoms with E-state index in [9.17, 15) is 4.79 Å². The van der Waals surface area contributed by atoms with Gasteiger partial charge in [-0.1, -0.05) is 25.1 Å². The van der Waals surface area contributed by atoms with Gasteiger partial charge in [-0.2, -0.15) is 0 Å². The van der Waals surface area contributed by atoms with Gasteiger partial charge in [0, 0.05) is 56.3 Å². The molecule has 1 aliphatic heterocycles. The summed E-state index contributed by atoms with van der Waals surface area (Å²) in [6.45, 7) is 6.96. The Labute approximate surface area is 213 Å². The number of nitrogens with two attached hydrogens (primary N) is 1. The molecule has 0 aromatic carbocycles. The highest BCUT2D eigenvalue weighted by atomic mass is 127. The normalized spacial score (nSPS) is 14.8. The second-order valence-corrected chi connectivity index (χ2v) is 8.16. The van der Waals surface area contributed by atoms with Crippen LogP contribution in [0.25, 0.3) is 0 Å². The number of aliphatic imine (C=N–C) groups is 1. The van der Waals surface area contributed by atoms with E-state index in [1.54, 1.807) is 13.2 Å². The first-order valence-electron chi connectivity index (χ1n) is 11.4. The molecule has 0 saturated carbocycles. The molecule has 4 N–H and O–H groups in total. The topological polar surface area (TPSA) is 122 Å². The van der Waals surface area contributed by atoms with Crippen molar-refractivity contribution in [3.05, 3.63) is 41.4 Å². The van der Waals surface area contributed by atoms with Crippen LogP contribution in [0.1, 0.15) is 62.5 Å². The number of guanidine groups is 1.